The molecule has 1 heterocycles. The molecule has 0 aliphatic carbocycles. The third-order valence-corrected chi connectivity index (χ3v) is 3.82. The van der Waals surface area contributed by atoms with Crippen LogP contribution in [0.25, 0.3) is 28.1 Å². The van der Waals surface area contributed by atoms with Crippen molar-refractivity contribution in [2.24, 2.45) is 0 Å². The second-order valence-corrected chi connectivity index (χ2v) is 5.30. The Kier molecular flexibility index (Phi) is 5.07. The van der Waals surface area contributed by atoms with Gasteiger partial charge >= 0.3 is 0 Å². The van der Waals surface area contributed by atoms with Crippen LogP contribution in [0, 0.1) is 6.07 Å². The van der Waals surface area contributed by atoms with E-state index < -0.39 is 0 Å². The zero-order valence-electron chi connectivity index (χ0n) is 12.9. The maximum atomic E-state index is 4.62. The van der Waals surface area contributed by atoms with Crippen molar-refractivity contribution in [2.45, 2.75) is 0 Å². The van der Waals surface area contributed by atoms with E-state index in [1.807, 2.05) is 47.3 Å². The quantitative estimate of drug-likeness (QED) is 0.370. The van der Waals surface area contributed by atoms with Gasteiger partial charge in [-0.25, -0.2) is 0 Å². The number of hydrogen-bond donors (Lipinski definition) is 0. The largest absolute Gasteiger partial charge is 0.257 e. The van der Waals surface area contributed by atoms with Gasteiger partial charge in [0.15, 0.2) is 0 Å². The van der Waals surface area contributed by atoms with Gasteiger partial charge in [-0.05, 0) is 11.3 Å². The molecule has 0 aliphatic heterocycles. The summed E-state index contributed by atoms with van der Waals surface area (Å²) in [5.41, 5.74) is 5.44. The topological polar surface area (TPSA) is 17.8 Å². The molecular formula is C21H15N2Pt-. The third-order valence-electron chi connectivity index (χ3n) is 3.82. The van der Waals surface area contributed by atoms with Crippen LogP contribution < -0.4 is 0 Å². The van der Waals surface area contributed by atoms with Crippen molar-refractivity contribution in [2.75, 3.05) is 0 Å². The number of hydrogen-bond acceptors (Lipinski definition) is 1. The standard InChI is InChI=1S/C21H15N2.Pt/c1-4-10-17(11-5-1)20-16-22-23(19-14-8-3-9-15-19)21(20)18-12-6-2-7-13-18;/h1-14,16H;/q-1;. The molecule has 4 rings (SSSR count). The summed E-state index contributed by atoms with van der Waals surface area (Å²) in [5, 5.41) is 4.62. The average molecular weight is 490 g/mol. The van der Waals surface area contributed by atoms with Gasteiger partial charge < -0.3 is 0 Å². The molecule has 0 aliphatic rings. The normalized spacial score (nSPS) is 10.2. The number of benzene rings is 3. The van der Waals surface area contributed by atoms with Gasteiger partial charge in [0.2, 0.25) is 0 Å². The minimum atomic E-state index is 0. The SMILES string of the molecule is [Pt].[c-]1ccccc1-n1ncc(-c2ccccc2)c1-c1ccccc1. The van der Waals surface area contributed by atoms with Crippen molar-refractivity contribution in [3.05, 3.63) is 97.2 Å². The maximum Gasteiger partial charge on any atom is 0.0794 e. The molecule has 0 N–H and O–H groups in total. The van der Waals surface area contributed by atoms with Crippen molar-refractivity contribution in [1.82, 2.24) is 9.78 Å². The van der Waals surface area contributed by atoms with Crippen LogP contribution in [0.2, 0.25) is 0 Å². The molecular weight excluding hydrogens is 475 g/mol. The summed E-state index contributed by atoms with van der Waals surface area (Å²) in [6, 6.07) is 31.9. The van der Waals surface area contributed by atoms with Crippen LogP contribution in [-0.2, 0) is 21.1 Å². The molecule has 4 aromatic rings. The summed E-state index contributed by atoms with van der Waals surface area (Å²) >= 11 is 0. The van der Waals surface area contributed by atoms with Gasteiger partial charge in [0.25, 0.3) is 0 Å². The second-order valence-electron chi connectivity index (χ2n) is 5.30. The molecule has 3 aromatic carbocycles. The van der Waals surface area contributed by atoms with E-state index >= 15 is 0 Å². The predicted octanol–water partition coefficient (Wildman–Crippen LogP) is 5.00. The van der Waals surface area contributed by atoms with Gasteiger partial charge in [-0.3, -0.25) is 4.68 Å². The average Bonchev–Trinajstić information content (AvgIpc) is 3.09. The van der Waals surface area contributed by atoms with Gasteiger partial charge in [-0.15, -0.1) is 6.07 Å². The summed E-state index contributed by atoms with van der Waals surface area (Å²) in [4.78, 5) is 0. The molecule has 0 bridgehead atoms. The van der Waals surface area contributed by atoms with Crippen LogP contribution in [0.15, 0.2) is 91.1 Å². The van der Waals surface area contributed by atoms with E-state index in [9.17, 15) is 0 Å². The van der Waals surface area contributed by atoms with Crippen LogP contribution in [0.4, 0.5) is 0 Å². The van der Waals surface area contributed by atoms with Gasteiger partial charge in [0.1, 0.15) is 0 Å². The van der Waals surface area contributed by atoms with E-state index in [2.05, 4.69) is 59.7 Å². The minimum absolute atomic E-state index is 0. The third kappa shape index (κ3) is 3.11. The summed E-state index contributed by atoms with van der Waals surface area (Å²) in [5.74, 6) is 0. The number of rotatable bonds is 3. The van der Waals surface area contributed by atoms with Gasteiger partial charge in [-0.2, -0.15) is 29.4 Å². The van der Waals surface area contributed by atoms with Crippen molar-refractivity contribution in [1.29, 1.82) is 0 Å². The fourth-order valence-corrected chi connectivity index (χ4v) is 2.75. The second kappa shape index (κ2) is 7.42. The van der Waals surface area contributed by atoms with E-state index in [0.717, 1.165) is 28.1 Å². The molecule has 24 heavy (non-hydrogen) atoms. The van der Waals surface area contributed by atoms with E-state index in [1.54, 1.807) is 0 Å². The van der Waals surface area contributed by atoms with Crippen molar-refractivity contribution in [3.63, 3.8) is 0 Å². The van der Waals surface area contributed by atoms with Crippen molar-refractivity contribution >= 4 is 0 Å². The molecule has 0 spiro atoms. The van der Waals surface area contributed by atoms with E-state index in [0.29, 0.717) is 0 Å². The molecule has 2 nitrogen and oxygen atoms in total. The molecule has 0 unspecified atom stereocenters. The summed E-state index contributed by atoms with van der Waals surface area (Å²) in [6.07, 6.45) is 1.93. The molecule has 0 fully saturated rings. The van der Waals surface area contributed by atoms with E-state index in [4.69, 9.17) is 0 Å². The molecule has 1 aromatic heterocycles. The Morgan fingerprint density at radius 2 is 1.33 bits per heavy atom. The Labute approximate surface area is 156 Å². The fourth-order valence-electron chi connectivity index (χ4n) is 2.75. The zero-order valence-corrected chi connectivity index (χ0v) is 15.1. The first-order valence-corrected chi connectivity index (χ1v) is 7.59. The number of nitrogens with zero attached hydrogens (tertiary/aromatic N) is 2. The van der Waals surface area contributed by atoms with Crippen LogP contribution in [0.3, 0.4) is 0 Å². The zero-order chi connectivity index (χ0) is 15.5. The molecule has 0 atom stereocenters. The first-order valence-electron chi connectivity index (χ1n) is 7.59. The van der Waals surface area contributed by atoms with Crippen LogP contribution >= 0.6 is 0 Å². The Morgan fingerprint density at radius 1 is 0.708 bits per heavy atom. The molecule has 0 saturated heterocycles. The van der Waals surface area contributed by atoms with Crippen molar-refractivity contribution in [3.8, 4) is 28.1 Å². The Balaban J connectivity index is 0.00000169. The van der Waals surface area contributed by atoms with Crippen molar-refractivity contribution < 1.29 is 21.1 Å². The molecule has 0 saturated carbocycles. The van der Waals surface area contributed by atoms with Crippen LogP contribution in [-0.4, -0.2) is 9.78 Å². The van der Waals surface area contributed by atoms with E-state index in [-0.39, 0.29) is 21.1 Å². The molecule has 0 radical (unpaired) electrons. The predicted molar refractivity (Wildman–Crippen MR) is 93.3 cm³/mol. The smallest absolute Gasteiger partial charge is 0.0794 e. The number of para-hydroxylation sites is 1. The molecule has 120 valence electrons. The molecule has 0 amide bonds. The van der Waals surface area contributed by atoms with Gasteiger partial charge in [-0.1, -0.05) is 60.7 Å². The Hall–Kier alpha value is -2.44. The maximum absolute atomic E-state index is 4.62. The minimum Gasteiger partial charge on any atom is -0.257 e. The number of aromatic nitrogens is 2. The van der Waals surface area contributed by atoms with Gasteiger partial charge in [0, 0.05) is 32.2 Å². The Morgan fingerprint density at radius 3 is 1.96 bits per heavy atom. The Bertz CT molecular complexity index is 844. The van der Waals surface area contributed by atoms with Crippen LogP contribution in [0.5, 0.6) is 0 Å². The summed E-state index contributed by atoms with van der Waals surface area (Å²) < 4.78 is 1.96. The van der Waals surface area contributed by atoms with Crippen LogP contribution in [0.1, 0.15) is 0 Å². The monoisotopic (exact) mass is 490 g/mol. The summed E-state index contributed by atoms with van der Waals surface area (Å²) in [6.45, 7) is 0. The summed E-state index contributed by atoms with van der Waals surface area (Å²) in [7, 11) is 0. The first-order chi connectivity index (χ1) is 11.4. The first kappa shape index (κ1) is 16.4. The van der Waals surface area contributed by atoms with E-state index in [1.165, 1.54) is 0 Å². The van der Waals surface area contributed by atoms with Gasteiger partial charge in [0.05, 0.1) is 11.9 Å². The molecule has 3 heteroatoms. The fraction of sp³-hybridized carbons (Fsp3) is 0.